The molecule has 2 rings (SSSR count). The van der Waals surface area contributed by atoms with Gasteiger partial charge in [-0.15, -0.1) is 0 Å². The maximum atomic E-state index is 13.6. The lowest BCUT2D eigenvalue weighted by molar-refractivity contribution is -0.384. The third-order valence-electron chi connectivity index (χ3n) is 5.53. The minimum absolute atomic E-state index is 0.0150. The molecule has 0 aromatic heterocycles. The maximum Gasteiger partial charge on any atom is 0.271 e. The maximum absolute atomic E-state index is 13.6. The minimum atomic E-state index is -4.02. The van der Waals surface area contributed by atoms with Crippen molar-refractivity contribution in [2.75, 3.05) is 24.2 Å². The topological polar surface area (TPSA) is 139 Å². The first-order valence-corrected chi connectivity index (χ1v) is 13.4. The van der Waals surface area contributed by atoms with E-state index >= 15 is 0 Å². The van der Waals surface area contributed by atoms with Gasteiger partial charge in [-0.1, -0.05) is 18.2 Å². The summed E-state index contributed by atoms with van der Waals surface area (Å²) in [5.74, 6) is -0.444. The zero-order valence-corrected chi connectivity index (χ0v) is 23.0. The summed E-state index contributed by atoms with van der Waals surface area (Å²) in [6, 6.07) is 9.77. The monoisotopic (exact) mass is 534 g/mol. The van der Waals surface area contributed by atoms with E-state index in [4.69, 9.17) is 4.74 Å². The Hall–Kier alpha value is -3.67. The molecule has 2 aromatic rings. The van der Waals surface area contributed by atoms with E-state index in [1.54, 1.807) is 38.1 Å². The summed E-state index contributed by atoms with van der Waals surface area (Å²) in [4.78, 5) is 38.6. The van der Waals surface area contributed by atoms with Crippen molar-refractivity contribution >= 4 is 33.2 Å². The van der Waals surface area contributed by atoms with Gasteiger partial charge in [0.1, 0.15) is 18.3 Å². The Morgan fingerprint density at radius 2 is 1.73 bits per heavy atom. The molecule has 2 amide bonds. The second-order valence-corrected chi connectivity index (χ2v) is 11.7. The molecule has 1 atom stereocenters. The Bertz CT molecular complexity index is 1250. The summed E-state index contributed by atoms with van der Waals surface area (Å²) in [6.45, 7) is 7.95. The Balaban J connectivity index is 2.49. The number of hydrogen-bond acceptors (Lipinski definition) is 7. The highest BCUT2D eigenvalue weighted by atomic mass is 32.2. The van der Waals surface area contributed by atoms with E-state index in [-0.39, 0.29) is 17.9 Å². The van der Waals surface area contributed by atoms with Gasteiger partial charge in [0.15, 0.2) is 0 Å². The van der Waals surface area contributed by atoms with Gasteiger partial charge in [-0.3, -0.25) is 24.0 Å². The van der Waals surface area contributed by atoms with Gasteiger partial charge in [0.05, 0.1) is 24.0 Å². The minimum Gasteiger partial charge on any atom is -0.497 e. The molecule has 37 heavy (non-hydrogen) atoms. The number of carbonyl (C=O) groups excluding carboxylic acids is 2. The van der Waals surface area contributed by atoms with E-state index in [9.17, 15) is 28.1 Å². The van der Waals surface area contributed by atoms with Crippen LogP contribution in [-0.2, 0) is 26.2 Å². The van der Waals surface area contributed by atoms with Gasteiger partial charge in [0.25, 0.3) is 5.69 Å². The molecule has 11 nitrogen and oxygen atoms in total. The van der Waals surface area contributed by atoms with Crippen molar-refractivity contribution in [3.8, 4) is 5.75 Å². The summed E-state index contributed by atoms with van der Waals surface area (Å²) in [6.07, 6.45) is 0.919. The van der Waals surface area contributed by atoms with Crippen LogP contribution in [-0.4, -0.2) is 61.5 Å². The Labute approximate surface area is 217 Å². The number of nitro groups is 1. The van der Waals surface area contributed by atoms with Crippen LogP contribution in [0, 0.1) is 17.0 Å². The number of sulfonamides is 1. The molecule has 12 heteroatoms. The molecule has 0 bridgehead atoms. The number of nitro benzene ring substituents is 1. The molecule has 0 unspecified atom stereocenters. The van der Waals surface area contributed by atoms with Crippen molar-refractivity contribution < 1.29 is 27.7 Å². The summed E-state index contributed by atoms with van der Waals surface area (Å²) < 4.78 is 31.5. The van der Waals surface area contributed by atoms with Crippen LogP contribution >= 0.6 is 0 Å². The van der Waals surface area contributed by atoms with Gasteiger partial charge >= 0.3 is 0 Å². The van der Waals surface area contributed by atoms with Gasteiger partial charge in [0, 0.05) is 24.2 Å². The van der Waals surface area contributed by atoms with E-state index in [1.807, 2.05) is 20.8 Å². The fraction of sp³-hybridized carbons (Fsp3) is 0.440. The average Bonchev–Trinajstić information content (AvgIpc) is 2.79. The van der Waals surface area contributed by atoms with Crippen LogP contribution < -0.4 is 14.4 Å². The zero-order valence-electron chi connectivity index (χ0n) is 22.1. The molecule has 0 spiro atoms. The van der Waals surface area contributed by atoms with Gasteiger partial charge in [0.2, 0.25) is 21.8 Å². The quantitative estimate of drug-likeness (QED) is 0.365. The Morgan fingerprint density at radius 3 is 2.22 bits per heavy atom. The van der Waals surface area contributed by atoms with E-state index < -0.39 is 44.9 Å². The van der Waals surface area contributed by atoms with Crippen molar-refractivity contribution in [3.63, 3.8) is 0 Å². The number of nitrogens with zero attached hydrogens (tertiary/aromatic N) is 3. The normalized spacial score (nSPS) is 12.4. The lowest BCUT2D eigenvalue weighted by Crippen LogP contribution is -2.54. The van der Waals surface area contributed by atoms with Crippen LogP contribution in [0.1, 0.15) is 38.8 Å². The fourth-order valence-electron chi connectivity index (χ4n) is 3.56. The lowest BCUT2D eigenvalue weighted by Gasteiger charge is -2.33. The number of hydrogen-bond donors (Lipinski definition) is 1. The number of nitrogens with one attached hydrogen (secondary N) is 1. The molecule has 202 valence electrons. The first-order chi connectivity index (χ1) is 17.0. The number of ether oxygens (including phenoxy) is 1. The second-order valence-electron chi connectivity index (χ2n) is 9.78. The number of methoxy groups -OCH3 is 1. The van der Waals surface area contributed by atoms with Crippen molar-refractivity contribution in [1.29, 1.82) is 0 Å². The van der Waals surface area contributed by atoms with Crippen molar-refractivity contribution in [3.05, 3.63) is 63.7 Å². The van der Waals surface area contributed by atoms with Crippen molar-refractivity contribution in [2.45, 2.75) is 52.7 Å². The highest BCUT2D eigenvalue weighted by molar-refractivity contribution is 7.92. The Morgan fingerprint density at radius 1 is 1.14 bits per heavy atom. The van der Waals surface area contributed by atoms with Crippen LogP contribution in [0.2, 0.25) is 0 Å². The second kappa shape index (κ2) is 11.6. The molecule has 0 heterocycles. The molecule has 2 aromatic carbocycles. The molecule has 0 saturated heterocycles. The van der Waals surface area contributed by atoms with E-state index in [0.29, 0.717) is 16.9 Å². The Kier molecular flexibility index (Phi) is 9.26. The smallest absolute Gasteiger partial charge is 0.271 e. The molecule has 0 aliphatic heterocycles. The molecule has 1 N–H and O–H groups in total. The average molecular weight is 535 g/mol. The third-order valence-corrected chi connectivity index (χ3v) is 6.66. The van der Waals surface area contributed by atoms with Crippen molar-refractivity contribution in [2.24, 2.45) is 0 Å². The number of amides is 2. The predicted molar refractivity (Wildman–Crippen MR) is 141 cm³/mol. The van der Waals surface area contributed by atoms with E-state index in [1.165, 1.54) is 24.1 Å². The van der Waals surface area contributed by atoms with E-state index in [0.717, 1.165) is 16.6 Å². The van der Waals surface area contributed by atoms with Gasteiger partial charge < -0.3 is 15.0 Å². The highest BCUT2D eigenvalue weighted by Gasteiger charge is 2.32. The standard InChI is InChI=1S/C25H34N4O7S/c1-17-8-11-20(29(32)33)14-22(17)28(37(7,34)35)16-23(30)27(18(2)24(31)26-25(3,4)5)15-19-9-12-21(36-6)13-10-19/h8-14,18H,15-16H2,1-7H3,(H,26,31)/t18-/m0/s1. The zero-order chi connectivity index (χ0) is 28.1. The van der Waals surface area contributed by atoms with Crippen LogP contribution in [0.25, 0.3) is 0 Å². The number of non-ortho nitro benzene ring substituents is 1. The lowest BCUT2D eigenvalue weighted by atomic mass is 10.1. The van der Waals surface area contributed by atoms with Gasteiger partial charge in [-0.25, -0.2) is 8.42 Å². The first kappa shape index (κ1) is 29.6. The molecule has 0 aliphatic rings. The predicted octanol–water partition coefficient (Wildman–Crippen LogP) is 3.01. The molecule has 0 saturated carbocycles. The summed E-state index contributed by atoms with van der Waals surface area (Å²) >= 11 is 0. The fourth-order valence-corrected chi connectivity index (χ4v) is 4.46. The molecule has 0 radical (unpaired) electrons. The van der Waals surface area contributed by atoms with Gasteiger partial charge in [-0.2, -0.15) is 0 Å². The van der Waals surface area contributed by atoms with E-state index in [2.05, 4.69) is 5.32 Å². The SMILES string of the molecule is COc1ccc(CN(C(=O)CN(c2cc([N+](=O)[O-])ccc2C)S(C)(=O)=O)[C@@H](C)C(=O)NC(C)(C)C)cc1. The number of anilines is 1. The first-order valence-electron chi connectivity index (χ1n) is 11.5. The number of benzene rings is 2. The summed E-state index contributed by atoms with van der Waals surface area (Å²) in [5, 5.41) is 14.1. The largest absolute Gasteiger partial charge is 0.497 e. The third kappa shape index (κ3) is 8.17. The highest BCUT2D eigenvalue weighted by Crippen LogP contribution is 2.28. The molecule has 0 aliphatic carbocycles. The number of rotatable bonds is 10. The molecule has 0 fully saturated rings. The van der Waals surface area contributed by atoms with Gasteiger partial charge in [-0.05, 0) is 57.9 Å². The molecular formula is C25H34N4O7S. The number of carbonyl (C=O) groups is 2. The van der Waals surface area contributed by atoms with Crippen LogP contribution in [0.5, 0.6) is 5.75 Å². The number of aryl methyl sites for hydroxylation is 1. The summed E-state index contributed by atoms with van der Waals surface area (Å²) in [5.41, 5.74) is 0.279. The van der Waals surface area contributed by atoms with Crippen molar-refractivity contribution in [1.82, 2.24) is 10.2 Å². The van der Waals surface area contributed by atoms with Crippen LogP contribution in [0.4, 0.5) is 11.4 Å². The van der Waals surface area contributed by atoms with Crippen LogP contribution in [0.3, 0.4) is 0 Å². The molecular weight excluding hydrogens is 500 g/mol. The summed E-state index contributed by atoms with van der Waals surface area (Å²) in [7, 11) is -2.49. The van der Waals surface area contributed by atoms with Crippen LogP contribution in [0.15, 0.2) is 42.5 Å².